The molecule has 8 heteroatoms. The van der Waals surface area contributed by atoms with Crippen LogP contribution in [0, 0.1) is 5.92 Å². The summed E-state index contributed by atoms with van der Waals surface area (Å²) in [7, 11) is 1.29. The number of nitrogens with zero attached hydrogens (tertiary/aromatic N) is 3. The van der Waals surface area contributed by atoms with Gasteiger partial charge in [0.15, 0.2) is 5.82 Å². The van der Waals surface area contributed by atoms with E-state index in [9.17, 15) is 9.59 Å². The second kappa shape index (κ2) is 4.77. The normalized spacial score (nSPS) is 19.1. The highest BCUT2D eigenvalue weighted by atomic mass is 35.5. The number of ether oxygens (including phenoxy) is 1. The molecule has 1 saturated heterocycles. The Labute approximate surface area is 108 Å². The molecule has 2 rings (SSSR count). The zero-order chi connectivity index (χ0) is 13.3. The zero-order valence-electron chi connectivity index (χ0n) is 9.59. The number of nitrogens with two attached hydrogens (primary N) is 1. The summed E-state index contributed by atoms with van der Waals surface area (Å²) in [5, 5.41) is 0.00686. The van der Waals surface area contributed by atoms with Gasteiger partial charge in [-0.25, -0.2) is 4.98 Å². The summed E-state index contributed by atoms with van der Waals surface area (Å²) in [4.78, 5) is 32.1. The highest BCUT2D eigenvalue weighted by Gasteiger charge is 2.36. The molecule has 1 fully saturated rings. The Bertz CT molecular complexity index is 508. The number of hydrogen-bond donors (Lipinski definition) is 1. The Morgan fingerprint density at radius 3 is 3.00 bits per heavy atom. The minimum absolute atomic E-state index is 0.00686. The lowest BCUT2D eigenvalue weighted by Crippen LogP contribution is -2.27. The lowest BCUT2D eigenvalue weighted by Gasteiger charge is -2.17. The predicted octanol–water partition coefficient (Wildman–Crippen LogP) is 0.238. The fourth-order valence-electron chi connectivity index (χ4n) is 1.84. The first-order valence-electron chi connectivity index (χ1n) is 5.19. The highest BCUT2D eigenvalue weighted by molar-refractivity contribution is 6.28. The Balaban J connectivity index is 2.24. The summed E-state index contributed by atoms with van der Waals surface area (Å²) in [6.45, 7) is 0.209. The number of methoxy groups -OCH3 is 1. The van der Waals surface area contributed by atoms with Crippen LogP contribution < -0.4 is 10.6 Å². The number of amides is 1. The van der Waals surface area contributed by atoms with Gasteiger partial charge in [-0.05, 0) is 11.6 Å². The number of rotatable bonds is 2. The molecule has 1 aromatic rings. The van der Waals surface area contributed by atoms with Gasteiger partial charge < -0.3 is 15.4 Å². The molecule has 0 bridgehead atoms. The first-order chi connectivity index (χ1) is 8.52. The molecule has 1 aromatic heterocycles. The first-order valence-corrected chi connectivity index (χ1v) is 5.57. The molecule has 7 nitrogen and oxygen atoms in total. The Kier molecular flexibility index (Phi) is 3.33. The monoisotopic (exact) mass is 270 g/mol. The smallest absolute Gasteiger partial charge is 0.311 e. The van der Waals surface area contributed by atoms with Crippen molar-refractivity contribution in [2.75, 3.05) is 24.3 Å². The third-order valence-corrected chi connectivity index (χ3v) is 2.90. The molecule has 1 amide bonds. The van der Waals surface area contributed by atoms with Crippen molar-refractivity contribution >= 4 is 35.0 Å². The number of esters is 1. The van der Waals surface area contributed by atoms with Crippen molar-refractivity contribution in [3.05, 3.63) is 11.5 Å². The maximum absolute atomic E-state index is 11.8. The van der Waals surface area contributed by atoms with E-state index in [0.29, 0.717) is 5.69 Å². The average molecular weight is 271 g/mol. The molecule has 0 spiro atoms. The lowest BCUT2D eigenvalue weighted by molar-refractivity contribution is -0.145. The standard InChI is InChI=1S/C10H11ClN4O3/c1-18-9(17)5-2-7(16)15(4-5)6-3-13-10(11)14-8(6)12/h3,5H,2,4H2,1H3,(H2,12,13,14). The van der Waals surface area contributed by atoms with Gasteiger partial charge >= 0.3 is 5.97 Å². The molecule has 0 saturated carbocycles. The second-order valence-corrected chi connectivity index (χ2v) is 4.18. The van der Waals surface area contributed by atoms with Crippen LogP contribution in [0.15, 0.2) is 6.20 Å². The van der Waals surface area contributed by atoms with Crippen LogP contribution in [0.3, 0.4) is 0 Å². The molecule has 1 atom stereocenters. The second-order valence-electron chi connectivity index (χ2n) is 3.84. The van der Waals surface area contributed by atoms with Crippen LogP contribution in [0.2, 0.25) is 5.28 Å². The number of halogens is 1. The van der Waals surface area contributed by atoms with Crippen LogP contribution in [0.25, 0.3) is 0 Å². The summed E-state index contributed by atoms with van der Waals surface area (Å²) in [6.07, 6.45) is 1.46. The van der Waals surface area contributed by atoms with E-state index in [4.69, 9.17) is 17.3 Å². The quantitative estimate of drug-likeness (QED) is 0.610. The van der Waals surface area contributed by atoms with Gasteiger partial charge in [0.2, 0.25) is 11.2 Å². The minimum Gasteiger partial charge on any atom is -0.469 e. The van der Waals surface area contributed by atoms with Gasteiger partial charge in [0.05, 0.1) is 19.2 Å². The average Bonchev–Trinajstić information content (AvgIpc) is 2.70. The van der Waals surface area contributed by atoms with E-state index in [1.807, 2.05) is 0 Å². The van der Waals surface area contributed by atoms with Crippen molar-refractivity contribution in [1.29, 1.82) is 0 Å². The van der Waals surface area contributed by atoms with E-state index < -0.39 is 11.9 Å². The van der Waals surface area contributed by atoms with Gasteiger partial charge in [-0.2, -0.15) is 4.98 Å². The van der Waals surface area contributed by atoms with Crippen molar-refractivity contribution in [3.8, 4) is 0 Å². The first kappa shape index (κ1) is 12.6. The van der Waals surface area contributed by atoms with Crippen molar-refractivity contribution in [3.63, 3.8) is 0 Å². The van der Waals surface area contributed by atoms with E-state index in [-0.39, 0.29) is 30.0 Å². The van der Waals surface area contributed by atoms with E-state index in [1.165, 1.54) is 18.2 Å². The van der Waals surface area contributed by atoms with Crippen molar-refractivity contribution in [2.24, 2.45) is 5.92 Å². The van der Waals surface area contributed by atoms with Gasteiger partial charge in [0, 0.05) is 13.0 Å². The highest BCUT2D eigenvalue weighted by Crippen LogP contribution is 2.29. The molecule has 0 aliphatic carbocycles. The molecule has 1 unspecified atom stereocenters. The number of anilines is 2. The molecule has 96 valence electrons. The molecule has 2 heterocycles. The molecule has 0 radical (unpaired) electrons. The Hall–Kier alpha value is -1.89. The van der Waals surface area contributed by atoms with Gasteiger partial charge in [-0.15, -0.1) is 0 Å². The number of carbonyl (C=O) groups excluding carboxylic acids is 2. The maximum atomic E-state index is 11.8. The van der Waals surface area contributed by atoms with Crippen LogP contribution in [0.4, 0.5) is 11.5 Å². The summed E-state index contributed by atoms with van der Waals surface area (Å²) >= 11 is 5.58. The Morgan fingerprint density at radius 2 is 2.39 bits per heavy atom. The SMILES string of the molecule is COC(=O)C1CC(=O)N(c2cnc(Cl)nc2N)C1. The Morgan fingerprint density at radius 1 is 1.67 bits per heavy atom. The van der Waals surface area contributed by atoms with Crippen molar-refractivity contribution in [1.82, 2.24) is 9.97 Å². The van der Waals surface area contributed by atoms with Gasteiger partial charge in [0.1, 0.15) is 5.69 Å². The molecule has 18 heavy (non-hydrogen) atoms. The number of carbonyl (C=O) groups is 2. The van der Waals surface area contributed by atoms with Crippen LogP contribution in [-0.4, -0.2) is 35.5 Å². The number of nitrogen functional groups attached to an aromatic ring is 1. The molecule has 0 aromatic carbocycles. The topological polar surface area (TPSA) is 98.4 Å². The molecule has 1 aliphatic rings. The molecule has 2 N–H and O–H groups in total. The summed E-state index contributed by atoms with van der Waals surface area (Å²) in [5.41, 5.74) is 6.03. The van der Waals surface area contributed by atoms with Crippen LogP contribution in [0.5, 0.6) is 0 Å². The van der Waals surface area contributed by atoms with Crippen LogP contribution in [0.1, 0.15) is 6.42 Å². The van der Waals surface area contributed by atoms with E-state index in [2.05, 4.69) is 14.7 Å². The van der Waals surface area contributed by atoms with Crippen molar-refractivity contribution < 1.29 is 14.3 Å². The third-order valence-electron chi connectivity index (χ3n) is 2.72. The third kappa shape index (κ3) is 2.21. The van der Waals surface area contributed by atoms with E-state index >= 15 is 0 Å². The fraction of sp³-hybridized carbons (Fsp3) is 0.400. The minimum atomic E-state index is -0.488. The van der Waals surface area contributed by atoms with E-state index in [0.717, 1.165) is 0 Å². The van der Waals surface area contributed by atoms with Crippen LogP contribution >= 0.6 is 11.6 Å². The van der Waals surface area contributed by atoms with Crippen LogP contribution in [-0.2, 0) is 14.3 Å². The van der Waals surface area contributed by atoms with Gasteiger partial charge in [0.25, 0.3) is 0 Å². The van der Waals surface area contributed by atoms with Crippen molar-refractivity contribution in [2.45, 2.75) is 6.42 Å². The molecular weight excluding hydrogens is 260 g/mol. The lowest BCUT2D eigenvalue weighted by atomic mass is 10.1. The number of hydrogen-bond acceptors (Lipinski definition) is 6. The van der Waals surface area contributed by atoms with Gasteiger partial charge in [-0.1, -0.05) is 0 Å². The predicted molar refractivity (Wildman–Crippen MR) is 63.9 cm³/mol. The van der Waals surface area contributed by atoms with Gasteiger partial charge in [-0.3, -0.25) is 9.59 Å². The zero-order valence-corrected chi connectivity index (χ0v) is 10.3. The molecular formula is C10H11ClN4O3. The number of aromatic nitrogens is 2. The summed E-state index contributed by atoms with van der Waals surface area (Å²) in [6, 6.07) is 0. The summed E-state index contributed by atoms with van der Waals surface area (Å²) < 4.78 is 4.61. The maximum Gasteiger partial charge on any atom is 0.311 e. The van der Waals surface area contributed by atoms with E-state index in [1.54, 1.807) is 0 Å². The largest absolute Gasteiger partial charge is 0.469 e. The fourth-order valence-corrected chi connectivity index (χ4v) is 1.98. The molecule has 1 aliphatic heterocycles. The summed E-state index contributed by atoms with van der Waals surface area (Å²) in [5.74, 6) is -1.02.